The molecule has 4 heterocycles. The van der Waals surface area contributed by atoms with E-state index in [1.54, 1.807) is 0 Å². The Labute approximate surface area is 132 Å². The topological polar surface area (TPSA) is 161 Å². The van der Waals surface area contributed by atoms with E-state index >= 15 is 0 Å². The van der Waals surface area contributed by atoms with Crippen molar-refractivity contribution in [2.24, 2.45) is 5.73 Å². The average Bonchev–Trinajstić information content (AvgIpc) is 2.97. The Morgan fingerprint density at radius 1 is 1.48 bits per heavy atom. The number of nitrogens with one attached hydrogen (secondary N) is 1. The molecular formula is C10H15BN6O5P+. The van der Waals surface area contributed by atoms with Gasteiger partial charge in [-0.1, -0.05) is 0 Å². The molecule has 2 saturated heterocycles. The molecule has 0 spiro atoms. The van der Waals surface area contributed by atoms with E-state index in [-0.39, 0.29) is 12.4 Å². The number of anilines is 3. The molecule has 23 heavy (non-hydrogen) atoms. The summed E-state index contributed by atoms with van der Waals surface area (Å²) in [5.41, 5.74) is 12.3. The number of aliphatic hydroxyl groups excluding tert-OH is 1. The van der Waals surface area contributed by atoms with Crippen LogP contribution in [0.4, 0.5) is 17.3 Å². The first-order chi connectivity index (χ1) is 10.9. The van der Waals surface area contributed by atoms with E-state index in [0.29, 0.717) is 11.5 Å². The van der Waals surface area contributed by atoms with Gasteiger partial charge in [-0.2, -0.15) is 9.05 Å². The summed E-state index contributed by atoms with van der Waals surface area (Å²) in [6.45, 7) is 0.00822. The van der Waals surface area contributed by atoms with E-state index in [1.165, 1.54) is 11.2 Å². The number of nitrogen functional groups attached to an aromatic ring is 1. The van der Waals surface area contributed by atoms with Crippen LogP contribution in [-0.4, -0.2) is 65.0 Å². The highest BCUT2D eigenvalue weighted by atomic mass is 31.2. The monoisotopic (exact) mass is 341 g/mol. The SMILES string of the molecule is [B][P+]1(O)OCC2OC(N3c4ncnc(N)c4NC3N)C(O)[C@@H]2O1. The number of ether oxygens (including phenoxy) is 1. The van der Waals surface area contributed by atoms with Crippen LogP contribution in [0, 0.1) is 0 Å². The third-order valence-corrected chi connectivity index (χ3v) is 5.04. The van der Waals surface area contributed by atoms with Crippen LogP contribution in [0.25, 0.3) is 0 Å². The number of fused-ring (bicyclic) bond motifs is 2. The highest BCUT2D eigenvalue weighted by Gasteiger charge is 2.58. The van der Waals surface area contributed by atoms with Gasteiger partial charge in [0.15, 0.2) is 30.3 Å². The van der Waals surface area contributed by atoms with Crippen molar-refractivity contribution in [3.8, 4) is 0 Å². The van der Waals surface area contributed by atoms with Crippen LogP contribution < -0.4 is 21.7 Å². The summed E-state index contributed by atoms with van der Waals surface area (Å²) in [6.07, 6.45) is -2.84. The minimum Gasteiger partial charge on any atom is -0.385 e. The van der Waals surface area contributed by atoms with Gasteiger partial charge in [-0.15, -0.1) is 0 Å². The molecule has 13 heteroatoms. The van der Waals surface area contributed by atoms with Crippen molar-refractivity contribution in [3.63, 3.8) is 0 Å². The molecule has 7 N–H and O–H groups in total. The zero-order chi connectivity index (χ0) is 16.4. The Morgan fingerprint density at radius 3 is 3.04 bits per heavy atom. The van der Waals surface area contributed by atoms with E-state index in [0.717, 1.165) is 0 Å². The lowest BCUT2D eigenvalue weighted by atomic mass is 10.1. The average molecular weight is 341 g/mol. The van der Waals surface area contributed by atoms with Gasteiger partial charge in [0.2, 0.25) is 0 Å². The molecule has 2 radical (unpaired) electrons. The van der Waals surface area contributed by atoms with Gasteiger partial charge in [0.1, 0.15) is 30.8 Å². The summed E-state index contributed by atoms with van der Waals surface area (Å²) in [5.74, 6) is 0.645. The molecule has 122 valence electrons. The number of nitrogens with zero attached hydrogens (tertiary/aromatic N) is 3. The predicted molar refractivity (Wildman–Crippen MR) is 80.9 cm³/mol. The lowest BCUT2D eigenvalue weighted by molar-refractivity contribution is -0.0448. The van der Waals surface area contributed by atoms with E-state index < -0.39 is 38.7 Å². The fourth-order valence-electron chi connectivity index (χ4n) is 2.95. The zero-order valence-corrected chi connectivity index (χ0v) is 12.7. The molecule has 11 nitrogen and oxygen atoms in total. The molecule has 0 aliphatic carbocycles. The maximum absolute atomic E-state index is 10.5. The van der Waals surface area contributed by atoms with Crippen molar-refractivity contribution in [1.82, 2.24) is 9.97 Å². The first-order valence-electron chi connectivity index (χ1n) is 6.85. The highest BCUT2D eigenvalue weighted by molar-refractivity contribution is 7.85. The summed E-state index contributed by atoms with van der Waals surface area (Å²) >= 11 is 0. The van der Waals surface area contributed by atoms with Gasteiger partial charge in [-0.3, -0.25) is 10.6 Å². The number of aromatic nitrogens is 2. The second-order valence-electron chi connectivity index (χ2n) is 5.44. The van der Waals surface area contributed by atoms with Crippen LogP contribution in [0.15, 0.2) is 6.33 Å². The number of aliphatic hydroxyl groups is 1. The molecule has 3 aliphatic heterocycles. The van der Waals surface area contributed by atoms with Crippen LogP contribution >= 0.6 is 7.82 Å². The van der Waals surface area contributed by atoms with Gasteiger partial charge in [-0.05, 0) is 0 Å². The quantitative estimate of drug-likeness (QED) is 0.280. The van der Waals surface area contributed by atoms with Crippen LogP contribution in [0.3, 0.4) is 0 Å². The Balaban J connectivity index is 1.64. The molecule has 0 bridgehead atoms. The van der Waals surface area contributed by atoms with E-state index in [4.69, 9.17) is 32.8 Å². The second kappa shape index (κ2) is 5.11. The normalized spacial score (nSPS) is 42.2. The minimum atomic E-state index is -3.44. The zero-order valence-electron chi connectivity index (χ0n) is 11.8. The number of hydrogen-bond donors (Lipinski definition) is 5. The van der Waals surface area contributed by atoms with Gasteiger partial charge < -0.3 is 20.9 Å². The first-order valence-corrected chi connectivity index (χ1v) is 8.50. The molecule has 1 aromatic heterocycles. The smallest absolute Gasteiger partial charge is 0.385 e. The lowest BCUT2D eigenvalue weighted by Gasteiger charge is -2.30. The van der Waals surface area contributed by atoms with Crippen molar-refractivity contribution in [2.45, 2.75) is 30.8 Å². The summed E-state index contributed by atoms with van der Waals surface area (Å²) < 4.78 is 16.1. The summed E-state index contributed by atoms with van der Waals surface area (Å²) in [4.78, 5) is 19.3. The Hall–Kier alpha value is -1.27. The molecule has 2 fully saturated rings. The van der Waals surface area contributed by atoms with Crippen LogP contribution in [-0.2, 0) is 13.8 Å². The summed E-state index contributed by atoms with van der Waals surface area (Å²) in [6, 6.07) is 0. The van der Waals surface area contributed by atoms with Crippen molar-refractivity contribution in [2.75, 3.05) is 22.6 Å². The molecule has 3 aliphatic rings. The summed E-state index contributed by atoms with van der Waals surface area (Å²) in [5, 5.41) is 13.5. The van der Waals surface area contributed by atoms with Gasteiger partial charge in [0, 0.05) is 0 Å². The molecule has 4 rings (SSSR count). The third-order valence-electron chi connectivity index (χ3n) is 3.97. The van der Waals surface area contributed by atoms with Crippen LogP contribution in [0.2, 0.25) is 0 Å². The number of hydrogen-bond acceptors (Lipinski definition) is 11. The molecule has 0 saturated carbocycles. The Kier molecular flexibility index (Phi) is 3.40. The maximum atomic E-state index is 10.5. The Bertz CT molecular complexity index is 640. The highest BCUT2D eigenvalue weighted by Crippen LogP contribution is 2.58. The number of rotatable bonds is 1. The third kappa shape index (κ3) is 2.34. The molecule has 0 aromatic carbocycles. The van der Waals surface area contributed by atoms with E-state index in [9.17, 15) is 10.00 Å². The van der Waals surface area contributed by atoms with Crippen LogP contribution in [0.5, 0.6) is 0 Å². The van der Waals surface area contributed by atoms with E-state index in [2.05, 4.69) is 15.3 Å². The van der Waals surface area contributed by atoms with E-state index in [1.807, 2.05) is 0 Å². The predicted octanol–water partition coefficient (Wildman–Crippen LogP) is -2.13. The molecule has 1 aromatic rings. The summed E-state index contributed by atoms with van der Waals surface area (Å²) in [7, 11) is 2.04. The Morgan fingerprint density at radius 2 is 2.26 bits per heavy atom. The van der Waals surface area contributed by atoms with Gasteiger partial charge in [-0.25, -0.2) is 14.9 Å². The van der Waals surface area contributed by atoms with Gasteiger partial charge >= 0.3 is 15.4 Å². The fourth-order valence-corrected chi connectivity index (χ4v) is 3.98. The first kappa shape index (κ1) is 15.3. The molecule has 6 atom stereocenters. The maximum Gasteiger partial charge on any atom is 0.488 e. The lowest BCUT2D eigenvalue weighted by Crippen LogP contribution is -2.53. The molecule has 5 unspecified atom stereocenters. The largest absolute Gasteiger partial charge is 0.488 e. The minimum absolute atomic E-state index is 0.00822. The molecule has 0 amide bonds. The standard InChI is InChI=1S/C10H15BN6O5P/c11-23(19)20-1-3-6(22-23)5(18)9(21-3)17-8-4(16-10(17)13)7(12)14-2-15-8/h2-3,5-6,9-10,16,18-19H,1,13H2,(H2,12,14,15)/q+1/t3?,5?,6-,9?,10?,23?/m1/s1. The number of nitrogens with two attached hydrogens (primary N) is 2. The van der Waals surface area contributed by atoms with Crippen molar-refractivity contribution in [1.29, 1.82) is 0 Å². The molecular weight excluding hydrogens is 326 g/mol. The fraction of sp³-hybridized carbons (Fsp3) is 0.600. The van der Waals surface area contributed by atoms with Crippen molar-refractivity contribution < 1.29 is 23.8 Å². The van der Waals surface area contributed by atoms with Crippen molar-refractivity contribution >= 4 is 32.7 Å². The second-order valence-corrected chi connectivity index (χ2v) is 7.04. The van der Waals surface area contributed by atoms with Gasteiger partial charge in [0.05, 0.1) is 0 Å². The van der Waals surface area contributed by atoms with Crippen LogP contribution in [0.1, 0.15) is 0 Å². The van der Waals surface area contributed by atoms with Crippen molar-refractivity contribution in [3.05, 3.63) is 6.33 Å². The van der Waals surface area contributed by atoms with Gasteiger partial charge in [0.25, 0.3) is 0 Å².